The minimum absolute atomic E-state index is 0.0461. The summed E-state index contributed by atoms with van der Waals surface area (Å²) in [6, 6.07) is 12.9. The Morgan fingerprint density at radius 3 is 2.60 bits per heavy atom. The van der Waals surface area contributed by atoms with Crippen LogP contribution in [0.4, 0.5) is 11.4 Å². The predicted octanol–water partition coefficient (Wildman–Crippen LogP) is 2.54. The molecule has 0 bridgehead atoms. The lowest BCUT2D eigenvalue weighted by Crippen LogP contribution is -2.29. The third kappa shape index (κ3) is 4.35. The molecular weight excluding hydrogens is 404 g/mol. The molecule has 4 rings (SSSR count). The van der Waals surface area contributed by atoms with Gasteiger partial charge in [-0.25, -0.2) is 8.42 Å². The van der Waals surface area contributed by atoms with Gasteiger partial charge in [-0.05, 0) is 49.2 Å². The van der Waals surface area contributed by atoms with Crippen molar-refractivity contribution in [2.45, 2.75) is 30.6 Å². The summed E-state index contributed by atoms with van der Waals surface area (Å²) < 4.78 is 27.7. The van der Waals surface area contributed by atoms with Crippen LogP contribution in [0.25, 0.3) is 0 Å². The molecule has 2 N–H and O–H groups in total. The number of anilines is 2. The third-order valence-corrected chi connectivity index (χ3v) is 6.40. The standard InChI is InChI=1S/C21H22N4O4S/c26-20-10-4-12-25(20)17-7-1-5-15(13-17)21(27)23-16-6-2-8-18(14-16)30(28,29)24-19-9-3-11-22-19/h1-2,5-8,13-14H,3-4,9-12H2,(H,22,24)(H,23,27). The largest absolute Gasteiger partial charge is 0.322 e. The number of carbonyl (C=O) groups excluding carboxylic acids is 2. The number of rotatable bonds is 5. The van der Waals surface area contributed by atoms with E-state index >= 15 is 0 Å². The highest BCUT2D eigenvalue weighted by Crippen LogP contribution is 2.23. The normalized spacial score (nSPS) is 16.5. The maximum absolute atomic E-state index is 12.7. The number of sulfonamides is 1. The van der Waals surface area contributed by atoms with E-state index in [-0.39, 0.29) is 16.7 Å². The van der Waals surface area contributed by atoms with Gasteiger partial charge in [0.05, 0.1) is 4.90 Å². The number of hydrogen-bond acceptors (Lipinski definition) is 5. The van der Waals surface area contributed by atoms with Crippen LogP contribution in [-0.2, 0) is 14.8 Å². The molecule has 0 spiro atoms. The van der Waals surface area contributed by atoms with E-state index in [0.29, 0.717) is 48.7 Å². The lowest BCUT2D eigenvalue weighted by molar-refractivity contribution is -0.117. The first-order valence-corrected chi connectivity index (χ1v) is 11.3. The van der Waals surface area contributed by atoms with Gasteiger partial charge in [0.2, 0.25) is 5.91 Å². The molecule has 2 amide bonds. The number of amidine groups is 1. The molecule has 0 aliphatic carbocycles. The first kappa shape index (κ1) is 20.1. The molecule has 2 heterocycles. The molecule has 2 aromatic rings. The van der Waals surface area contributed by atoms with Crippen LogP contribution in [0, 0.1) is 0 Å². The van der Waals surface area contributed by atoms with Gasteiger partial charge in [0, 0.05) is 42.9 Å². The van der Waals surface area contributed by atoms with Gasteiger partial charge in [-0.1, -0.05) is 12.1 Å². The molecule has 8 nitrogen and oxygen atoms in total. The maximum Gasteiger partial charge on any atom is 0.262 e. The predicted molar refractivity (Wildman–Crippen MR) is 114 cm³/mol. The Labute approximate surface area is 175 Å². The summed E-state index contributed by atoms with van der Waals surface area (Å²) >= 11 is 0. The average molecular weight is 426 g/mol. The van der Waals surface area contributed by atoms with Crippen molar-refractivity contribution in [2.24, 2.45) is 4.99 Å². The Morgan fingerprint density at radius 1 is 1.03 bits per heavy atom. The van der Waals surface area contributed by atoms with E-state index < -0.39 is 10.0 Å². The van der Waals surface area contributed by atoms with Gasteiger partial charge in [-0.15, -0.1) is 0 Å². The zero-order valence-corrected chi connectivity index (χ0v) is 17.1. The summed E-state index contributed by atoms with van der Waals surface area (Å²) in [5.74, 6) is 0.119. The molecule has 30 heavy (non-hydrogen) atoms. The van der Waals surface area contributed by atoms with Gasteiger partial charge in [0.15, 0.2) is 0 Å². The second-order valence-corrected chi connectivity index (χ2v) is 8.90. The Hall–Kier alpha value is -3.20. The molecular formula is C21H22N4O4S. The van der Waals surface area contributed by atoms with E-state index in [2.05, 4.69) is 15.0 Å². The van der Waals surface area contributed by atoms with Crippen molar-refractivity contribution in [1.29, 1.82) is 0 Å². The first-order chi connectivity index (χ1) is 14.4. The molecule has 156 valence electrons. The molecule has 1 fully saturated rings. The van der Waals surface area contributed by atoms with Crippen molar-refractivity contribution in [2.75, 3.05) is 23.3 Å². The number of hydrogen-bond donors (Lipinski definition) is 2. The Balaban J connectivity index is 1.50. The van der Waals surface area contributed by atoms with Gasteiger partial charge in [-0.2, -0.15) is 0 Å². The molecule has 0 radical (unpaired) electrons. The molecule has 0 aromatic heterocycles. The highest BCUT2D eigenvalue weighted by atomic mass is 32.2. The van der Waals surface area contributed by atoms with Gasteiger partial charge < -0.3 is 10.2 Å². The van der Waals surface area contributed by atoms with Crippen molar-refractivity contribution in [3.63, 3.8) is 0 Å². The van der Waals surface area contributed by atoms with Crippen LogP contribution in [0.1, 0.15) is 36.0 Å². The highest BCUT2D eigenvalue weighted by Gasteiger charge is 2.23. The SMILES string of the molecule is O=C(Nc1cccc(S(=O)(=O)NC2=NCCC2)c1)c1cccc(N2CCCC2=O)c1. The van der Waals surface area contributed by atoms with E-state index in [0.717, 1.165) is 12.8 Å². The minimum atomic E-state index is -3.77. The van der Waals surface area contributed by atoms with Crippen LogP contribution in [-0.4, -0.2) is 39.2 Å². The molecule has 0 unspecified atom stereocenters. The smallest absolute Gasteiger partial charge is 0.262 e. The number of benzene rings is 2. The number of aliphatic imine (C=N–C) groups is 1. The van der Waals surface area contributed by atoms with Crippen molar-refractivity contribution in [1.82, 2.24) is 4.72 Å². The topological polar surface area (TPSA) is 108 Å². The van der Waals surface area contributed by atoms with Crippen molar-refractivity contribution in [3.8, 4) is 0 Å². The second-order valence-electron chi connectivity index (χ2n) is 7.22. The average Bonchev–Trinajstić information content (AvgIpc) is 3.39. The van der Waals surface area contributed by atoms with E-state index in [4.69, 9.17) is 0 Å². The van der Waals surface area contributed by atoms with E-state index in [1.807, 2.05) is 0 Å². The fourth-order valence-corrected chi connectivity index (χ4v) is 4.65. The molecule has 1 saturated heterocycles. The van der Waals surface area contributed by atoms with Crippen LogP contribution in [0.3, 0.4) is 0 Å². The van der Waals surface area contributed by atoms with Crippen LogP contribution in [0.15, 0.2) is 58.4 Å². The molecule has 9 heteroatoms. The summed E-state index contributed by atoms with van der Waals surface area (Å²) in [5.41, 5.74) is 1.43. The minimum Gasteiger partial charge on any atom is -0.322 e. The van der Waals surface area contributed by atoms with E-state index in [9.17, 15) is 18.0 Å². The second kappa shape index (κ2) is 8.27. The van der Waals surface area contributed by atoms with Gasteiger partial charge in [0.25, 0.3) is 15.9 Å². The Morgan fingerprint density at radius 2 is 1.87 bits per heavy atom. The summed E-state index contributed by atoms with van der Waals surface area (Å²) in [6.07, 6.45) is 2.75. The van der Waals surface area contributed by atoms with Crippen molar-refractivity contribution >= 4 is 39.0 Å². The number of amides is 2. The lowest BCUT2D eigenvalue weighted by atomic mass is 10.1. The zero-order chi connectivity index (χ0) is 21.1. The molecule has 0 atom stereocenters. The maximum atomic E-state index is 12.7. The number of nitrogens with one attached hydrogen (secondary N) is 2. The summed E-state index contributed by atoms with van der Waals surface area (Å²) in [5, 5.41) is 2.73. The van der Waals surface area contributed by atoms with Gasteiger partial charge in [-0.3, -0.25) is 19.3 Å². The molecule has 2 aliphatic heterocycles. The Bertz CT molecular complexity index is 1130. The Kier molecular flexibility index (Phi) is 5.54. The fraction of sp³-hybridized carbons (Fsp3) is 0.286. The van der Waals surface area contributed by atoms with E-state index in [1.165, 1.54) is 12.1 Å². The summed E-state index contributed by atoms with van der Waals surface area (Å²) in [7, 11) is -3.77. The first-order valence-electron chi connectivity index (χ1n) is 9.80. The van der Waals surface area contributed by atoms with Gasteiger partial charge in [0.1, 0.15) is 5.84 Å². The van der Waals surface area contributed by atoms with Gasteiger partial charge >= 0.3 is 0 Å². The molecule has 2 aromatic carbocycles. The zero-order valence-electron chi connectivity index (χ0n) is 16.3. The number of carbonyl (C=O) groups is 2. The van der Waals surface area contributed by atoms with Crippen molar-refractivity contribution < 1.29 is 18.0 Å². The summed E-state index contributed by atoms with van der Waals surface area (Å²) in [6.45, 7) is 1.26. The number of nitrogens with zero attached hydrogens (tertiary/aromatic N) is 2. The monoisotopic (exact) mass is 426 g/mol. The quantitative estimate of drug-likeness (QED) is 0.766. The van der Waals surface area contributed by atoms with E-state index in [1.54, 1.807) is 41.3 Å². The molecule has 0 saturated carbocycles. The highest BCUT2D eigenvalue weighted by molar-refractivity contribution is 7.90. The third-order valence-electron chi connectivity index (χ3n) is 5.02. The van der Waals surface area contributed by atoms with Crippen LogP contribution >= 0.6 is 0 Å². The fourth-order valence-electron chi connectivity index (χ4n) is 3.52. The van der Waals surface area contributed by atoms with Crippen molar-refractivity contribution in [3.05, 3.63) is 54.1 Å². The van der Waals surface area contributed by atoms with Crippen LogP contribution in [0.2, 0.25) is 0 Å². The lowest BCUT2D eigenvalue weighted by Gasteiger charge is -2.16. The van der Waals surface area contributed by atoms with Crippen LogP contribution in [0.5, 0.6) is 0 Å². The summed E-state index contributed by atoms with van der Waals surface area (Å²) in [4.78, 5) is 30.5. The van der Waals surface area contributed by atoms with Crippen LogP contribution < -0.4 is 14.9 Å². The molecule has 2 aliphatic rings.